The number of nitrogens with one attached hydrogen (secondary N) is 1. The van der Waals surface area contributed by atoms with Gasteiger partial charge in [-0.3, -0.25) is 0 Å². The third kappa shape index (κ3) is 3.65. The molecule has 2 rings (SSSR count). The van der Waals surface area contributed by atoms with Crippen molar-refractivity contribution < 1.29 is 8.42 Å². The van der Waals surface area contributed by atoms with Gasteiger partial charge in [0, 0.05) is 19.6 Å². The van der Waals surface area contributed by atoms with E-state index in [-0.39, 0.29) is 0 Å². The second kappa shape index (κ2) is 6.90. The van der Waals surface area contributed by atoms with E-state index >= 15 is 0 Å². The van der Waals surface area contributed by atoms with E-state index in [2.05, 4.69) is 12.2 Å². The highest BCUT2D eigenvalue weighted by Gasteiger charge is 2.29. The van der Waals surface area contributed by atoms with Crippen molar-refractivity contribution in [2.45, 2.75) is 44.6 Å². The summed E-state index contributed by atoms with van der Waals surface area (Å²) in [5.74, 6) is 0.496. The van der Waals surface area contributed by atoms with Crippen molar-refractivity contribution in [1.29, 1.82) is 0 Å². The Balaban J connectivity index is 2.28. The summed E-state index contributed by atoms with van der Waals surface area (Å²) in [7, 11) is -1.48. The monoisotopic (exact) mass is 310 g/mol. The molecule has 1 aliphatic rings. The lowest BCUT2D eigenvalue weighted by Gasteiger charge is -2.31. The molecule has 4 nitrogen and oxygen atoms in total. The van der Waals surface area contributed by atoms with Crippen LogP contribution in [0.15, 0.2) is 23.1 Å². The molecule has 0 aromatic heterocycles. The first kappa shape index (κ1) is 16.5. The molecule has 1 aliphatic heterocycles. The summed E-state index contributed by atoms with van der Waals surface area (Å²) in [6, 6.07) is 5.46. The van der Waals surface area contributed by atoms with E-state index in [0.29, 0.717) is 30.4 Å². The Morgan fingerprint density at radius 3 is 2.81 bits per heavy atom. The second-order valence-corrected chi connectivity index (χ2v) is 7.84. The summed E-state index contributed by atoms with van der Waals surface area (Å²) in [4.78, 5) is 0.426. The van der Waals surface area contributed by atoms with E-state index in [0.717, 1.165) is 30.4 Å². The van der Waals surface area contributed by atoms with E-state index in [4.69, 9.17) is 0 Å². The highest BCUT2D eigenvalue weighted by molar-refractivity contribution is 7.89. The molecular weight excluding hydrogens is 284 g/mol. The number of nitrogens with zero attached hydrogens (tertiary/aromatic N) is 1. The Morgan fingerprint density at radius 1 is 1.38 bits per heavy atom. The first-order chi connectivity index (χ1) is 9.98. The molecule has 0 spiro atoms. The zero-order valence-corrected chi connectivity index (χ0v) is 14.0. The fourth-order valence-electron chi connectivity index (χ4n) is 2.92. The van der Waals surface area contributed by atoms with Crippen LogP contribution in [0.5, 0.6) is 0 Å². The SMILES string of the molecule is CCC1CCCN(S(=O)(=O)c2ccc(C)c(CNC)c2)C1. The average molecular weight is 310 g/mol. The number of sulfonamides is 1. The number of hydrogen-bond donors (Lipinski definition) is 1. The maximum absolute atomic E-state index is 12.8. The minimum Gasteiger partial charge on any atom is -0.316 e. The number of aryl methyl sites for hydroxylation is 1. The predicted molar refractivity (Wildman–Crippen MR) is 85.7 cm³/mol. The first-order valence-corrected chi connectivity index (χ1v) is 9.17. The molecule has 0 amide bonds. The van der Waals surface area contributed by atoms with Crippen LogP contribution >= 0.6 is 0 Å². The molecule has 1 heterocycles. The largest absolute Gasteiger partial charge is 0.316 e. The molecule has 0 radical (unpaired) electrons. The van der Waals surface area contributed by atoms with Gasteiger partial charge in [0.2, 0.25) is 10.0 Å². The maximum atomic E-state index is 12.8. The minimum atomic E-state index is -3.36. The van der Waals surface area contributed by atoms with Crippen molar-refractivity contribution in [3.05, 3.63) is 29.3 Å². The lowest BCUT2D eigenvalue weighted by Crippen LogP contribution is -2.39. The standard InChI is InChI=1S/C16H26N2O2S/c1-4-14-6-5-9-18(12-14)21(19,20)16-8-7-13(2)15(10-16)11-17-3/h7-8,10,14,17H,4-6,9,11-12H2,1-3H3. The van der Waals surface area contributed by atoms with Crippen LogP contribution < -0.4 is 5.32 Å². The molecule has 0 aliphatic carbocycles. The molecule has 0 saturated carbocycles. The molecule has 1 aromatic rings. The molecule has 1 N–H and O–H groups in total. The Hall–Kier alpha value is -0.910. The summed E-state index contributed by atoms with van der Waals surface area (Å²) < 4.78 is 27.3. The Kier molecular flexibility index (Phi) is 5.41. The molecule has 1 fully saturated rings. The van der Waals surface area contributed by atoms with E-state index in [9.17, 15) is 8.42 Å². The Labute approximate surface area is 128 Å². The zero-order chi connectivity index (χ0) is 15.5. The molecule has 5 heteroatoms. The van der Waals surface area contributed by atoms with Gasteiger partial charge in [-0.15, -0.1) is 0 Å². The fourth-order valence-corrected chi connectivity index (χ4v) is 4.52. The van der Waals surface area contributed by atoms with Crippen molar-refractivity contribution in [1.82, 2.24) is 9.62 Å². The topological polar surface area (TPSA) is 49.4 Å². The van der Waals surface area contributed by atoms with Gasteiger partial charge in [-0.2, -0.15) is 4.31 Å². The Morgan fingerprint density at radius 2 is 2.14 bits per heavy atom. The van der Waals surface area contributed by atoms with Crippen molar-refractivity contribution in [2.24, 2.45) is 5.92 Å². The van der Waals surface area contributed by atoms with Gasteiger partial charge in [-0.05, 0) is 56.0 Å². The first-order valence-electron chi connectivity index (χ1n) is 7.73. The molecule has 1 saturated heterocycles. The van der Waals surface area contributed by atoms with Gasteiger partial charge in [0.1, 0.15) is 0 Å². The van der Waals surface area contributed by atoms with Gasteiger partial charge in [0.25, 0.3) is 0 Å². The Bertz CT molecular complexity index is 584. The van der Waals surface area contributed by atoms with Gasteiger partial charge >= 0.3 is 0 Å². The lowest BCUT2D eigenvalue weighted by atomic mass is 9.97. The van der Waals surface area contributed by atoms with E-state index in [1.165, 1.54) is 0 Å². The summed E-state index contributed by atoms with van der Waals surface area (Å²) in [5.41, 5.74) is 2.16. The molecule has 1 unspecified atom stereocenters. The van der Waals surface area contributed by atoms with Crippen LogP contribution in [0, 0.1) is 12.8 Å². The molecule has 1 aromatic carbocycles. The quantitative estimate of drug-likeness (QED) is 0.909. The summed E-state index contributed by atoms with van der Waals surface area (Å²) in [6.07, 6.45) is 3.15. The third-order valence-electron chi connectivity index (χ3n) is 4.38. The maximum Gasteiger partial charge on any atom is 0.243 e. The lowest BCUT2D eigenvalue weighted by molar-refractivity contribution is 0.261. The van der Waals surface area contributed by atoms with Crippen LogP contribution in [0.25, 0.3) is 0 Å². The van der Waals surface area contributed by atoms with Crippen LogP contribution in [0.2, 0.25) is 0 Å². The van der Waals surface area contributed by atoms with Crippen LogP contribution in [0.1, 0.15) is 37.3 Å². The fraction of sp³-hybridized carbons (Fsp3) is 0.625. The highest BCUT2D eigenvalue weighted by Crippen LogP contribution is 2.26. The second-order valence-electron chi connectivity index (χ2n) is 5.90. The van der Waals surface area contributed by atoms with Crippen molar-refractivity contribution in [3.8, 4) is 0 Å². The van der Waals surface area contributed by atoms with E-state index in [1.54, 1.807) is 10.4 Å². The normalized spacial score (nSPS) is 20.6. The summed E-state index contributed by atoms with van der Waals surface area (Å²) in [6.45, 7) is 6.14. The smallest absolute Gasteiger partial charge is 0.243 e. The van der Waals surface area contributed by atoms with Gasteiger partial charge in [-0.1, -0.05) is 19.4 Å². The van der Waals surface area contributed by atoms with Gasteiger partial charge in [-0.25, -0.2) is 8.42 Å². The predicted octanol–water partition coefficient (Wildman–Crippen LogP) is 2.53. The van der Waals surface area contributed by atoms with Crippen LogP contribution in [0.4, 0.5) is 0 Å². The number of piperidine rings is 1. The molecule has 21 heavy (non-hydrogen) atoms. The van der Waals surface area contributed by atoms with Gasteiger partial charge in [0.15, 0.2) is 0 Å². The number of hydrogen-bond acceptors (Lipinski definition) is 3. The zero-order valence-electron chi connectivity index (χ0n) is 13.2. The highest BCUT2D eigenvalue weighted by atomic mass is 32.2. The molecule has 118 valence electrons. The average Bonchev–Trinajstić information content (AvgIpc) is 2.49. The van der Waals surface area contributed by atoms with Gasteiger partial charge < -0.3 is 5.32 Å². The van der Waals surface area contributed by atoms with Gasteiger partial charge in [0.05, 0.1) is 4.90 Å². The third-order valence-corrected chi connectivity index (χ3v) is 6.25. The van der Waals surface area contributed by atoms with E-state index < -0.39 is 10.0 Å². The molecule has 1 atom stereocenters. The number of rotatable bonds is 5. The summed E-state index contributed by atoms with van der Waals surface area (Å²) >= 11 is 0. The van der Waals surface area contributed by atoms with Crippen LogP contribution in [-0.2, 0) is 16.6 Å². The number of benzene rings is 1. The van der Waals surface area contributed by atoms with Crippen molar-refractivity contribution in [3.63, 3.8) is 0 Å². The summed E-state index contributed by atoms with van der Waals surface area (Å²) in [5, 5.41) is 3.09. The molecular formula is C16H26N2O2S. The van der Waals surface area contributed by atoms with E-state index in [1.807, 2.05) is 26.1 Å². The molecule has 0 bridgehead atoms. The van der Waals surface area contributed by atoms with Crippen LogP contribution in [0.3, 0.4) is 0 Å². The van der Waals surface area contributed by atoms with Crippen molar-refractivity contribution in [2.75, 3.05) is 20.1 Å². The van der Waals surface area contributed by atoms with Crippen LogP contribution in [-0.4, -0.2) is 32.9 Å². The minimum absolute atomic E-state index is 0.426. The van der Waals surface area contributed by atoms with Crippen molar-refractivity contribution >= 4 is 10.0 Å².